The Hall–Kier alpha value is -2.97. The van der Waals surface area contributed by atoms with E-state index in [1.165, 1.54) is 23.8 Å². The van der Waals surface area contributed by atoms with Crippen LogP contribution in [0.4, 0.5) is 4.39 Å². The maximum Gasteiger partial charge on any atom is 0.123 e. The number of aromatic hydroxyl groups is 1. The van der Waals surface area contributed by atoms with E-state index in [1.807, 2.05) is 18.2 Å². The largest absolute Gasteiger partial charge is 0.508 e. The Kier molecular flexibility index (Phi) is 10.8. The van der Waals surface area contributed by atoms with Crippen LogP contribution in [0, 0.1) is 5.82 Å². The van der Waals surface area contributed by atoms with E-state index >= 15 is 0 Å². The zero-order valence-corrected chi connectivity index (χ0v) is 18.7. The molecule has 0 spiro atoms. The number of aliphatic hydroxyl groups excluding tert-OH is 3. The molecule has 0 saturated heterocycles. The fourth-order valence-electron chi connectivity index (χ4n) is 3.09. The quantitative estimate of drug-likeness (QED) is 0.410. The molecule has 2 atom stereocenters. The SMILES string of the molecule is CC(O)c1ccc(O)c(CO)c1.NCCC1=CCC=C(OCC(O)c2cccc(F)c2)C=C1. The first-order valence-electron chi connectivity index (χ1n) is 10.8. The Morgan fingerprint density at radius 1 is 1.06 bits per heavy atom. The normalized spacial score (nSPS) is 14.8. The molecule has 0 bridgehead atoms. The van der Waals surface area contributed by atoms with E-state index in [0.717, 1.165) is 12.8 Å². The summed E-state index contributed by atoms with van der Waals surface area (Å²) in [5.74, 6) is 0.395. The van der Waals surface area contributed by atoms with Crippen molar-refractivity contribution in [3.63, 3.8) is 0 Å². The van der Waals surface area contributed by atoms with Crippen LogP contribution in [0.1, 0.15) is 48.7 Å². The van der Waals surface area contributed by atoms with Gasteiger partial charge in [0.25, 0.3) is 0 Å². The summed E-state index contributed by atoms with van der Waals surface area (Å²) in [5, 5.41) is 37.1. The number of aliphatic hydroxyl groups is 3. The number of allylic oxidation sites excluding steroid dienone is 4. The van der Waals surface area contributed by atoms with Crippen LogP contribution in [-0.2, 0) is 11.3 Å². The molecule has 0 fully saturated rings. The average Bonchev–Trinajstić information content (AvgIpc) is 3.03. The van der Waals surface area contributed by atoms with Crippen molar-refractivity contribution in [2.45, 2.75) is 38.6 Å². The maximum atomic E-state index is 13.1. The topological polar surface area (TPSA) is 116 Å². The molecule has 0 heterocycles. The molecule has 0 amide bonds. The fourth-order valence-corrected chi connectivity index (χ4v) is 3.09. The minimum absolute atomic E-state index is 0.0573. The number of rotatable bonds is 8. The van der Waals surface area contributed by atoms with Gasteiger partial charge in [-0.25, -0.2) is 4.39 Å². The summed E-state index contributed by atoms with van der Waals surface area (Å²) in [6.07, 6.45) is 8.07. The number of ether oxygens (including phenoxy) is 1. The van der Waals surface area contributed by atoms with Gasteiger partial charge in [-0.2, -0.15) is 0 Å². The molecule has 6 nitrogen and oxygen atoms in total. The zero-order chi connectivity index (χ0) is 24.2. The van der Waals surface area contributed by atoms with E-state index in [-0.39, 0.29) is 24.8 Å². The molecule has 0 aromatic heterocycles. The minimum atomic E-state index is -0.852. The molecule has 2 aromatic carbocycles. The number of halogens is 1. The first kappa shape index (κ1) is 26.3. The third-order valence-corrected chi connectivity index (χ3v) is 4.99. The van der Waals surface area contributed by atoms with Gasteiger partial charge in [-0.05, 0) is 73.9 Å². The molecule has 2 aromatic rings. The second-order valence-corrected chi connectivity index (χ2v) is 7.60. The van der Waals surface area contributed by atoms with E-state index in [2.05, 4.69) is 6.08 Å². The first-order chi connectivity index (χ1) is 15.8. The molecule has 1 aliphatic carbocycles. The Labute approximate surface area is 193 Å². The second-order valence-electron chi connectivity index (χ2n) is 7.60. The fraction of sp³-hybridized carbons (Fsp3) is 0.308. The molecule has 7 heteroatoms. The van der Waals surface area contributed by atoms with E-state index < -0.39 is 12.2 Å². The van der Waals surface area contributed by atoms with Gasteiger partial charge in [0.1, 0.15) is 30.0 Å². The van der Waals surface area contributed by atoms with Crippen LogP contribution in [0.2, 0.25) is 0 Å². The van der Waals surface area contributed by atoms with E-state index in [1.54, 1.807) is 31.2 Å². The highest BCUT2D eigenvalue weighted by Gasteiger charge is 2.10. The van der Waals surface area contributed by atoms with Gasteiger partial charge in [0.05, 0.1) is 12.7 Å². The van der Waals surface area contributed by atoms with Crippen molar-refractivity contribution in [3.8, 4) is 5.75 Å². The van der Waals surface area contributed by atoms with Gasteiger partial charge < -0.3 is 30.9 Å². The van der Waals surface area contributed by atoms with Crippen molar-refractivity contribution in [1.29, 1.82) is 0 Å². The smallest absolute Gasteiger partial charge is 0.123 e. The van der Waals surface area contributed by atoms with Crippen LogP contribution >= 0.6 is 0 Å². The number of nitrogens with two attached hydrogens (primary N) is 1. The van der Waals surface area contributed by atoms with E-state index in [9.17, 15) is 19.7 Å². The van der Waals surface area contributed by atoms with Crippen molar-refractivity contribution in [1.82, 2.24) is 0 Å². The summed E-state index contributed by atoms with van der Waals surface area (Å²) < 4.78 is 18.7. The lowest BCUT2D eigenvalue weighted by atomic mass is 10.1. The van der Waals surface area contributed by atoms with Crippen LogP contribution in [0.25, 0.3) is 0 Å². The highest BCUT2D eigenvalue weighted by atomic mass is 19.1. The summed E-state index contributed by atoms with van der Waals surface area (Å²) in [7, 11) is 0. The van der Waals surface area contributed by atoms with Gasteiger partial charge in [-0.1, -0.05) is 35.9 Å². The number of hydrogen-bond acceptors (Lipinski definition) is 6. The van der Waals surface area contributed by atoms with Gasteiger partial charge in [-0.3, -0.25) is 0 Å². The highest BCUT2D eigenvalue weighted by Crippen LogP contribution is 2.22. The summed E-state index contributed by atoms with van der Waals surface area (Å²) >= 11 is 0. The Morgan fingerprint density at radius 3 is 2.52 bits per heavy atom. The lowest BCUT2D eigenvalue weighted by molar-refractivity contribution is 0.0751. The molecule has 178 valence electrons. The first-order valence-corrected chi connectivity index (χ1v) is 10.8. The molecule has 3 rings (SSSR count). The lowest BCUT2D eigenvalue weighted by Gasteiger charge is -2.13. The van der Waals surface area contributed by atoms with E-state index in [0.29, 0.717) is 29.0 Å². The van der Waals surface area contributed by atoms with Crippen molar-refractivity contribution >= 4 is 0 Å². The van der Waals surface area contributed by atoms with Crippen molar-refractivity contribution in [3.05, 3.63) is 101 Å². The van der Waals surface area contributed by atoms with Crippen molar-refractivity contribution < 1.29 is 29.6 Å². The number of benzene rings is 2. The van der Waals surface area contributed by atoms with Gasteiger partial charge >= 0.3 is 0 Å². The van der Waals surface area contributed by atoms with Crippen molar-refractivity contribution in [2.75, 3.05) is 13.2 Å². The van der Waals surface area contributed by atoms with Crippen LogP contribution in [-0.4, -0.2) is 33.6 Å². The number of hydrogen-bond donors (Lipinski definition) is 5. The summed E-state index contributed by atoms with van der Waals surface area (Å²) in [6, 6.07) is 10.6. The lowest BCUT2D eigenvalue weighted by Crippen LogP contribution is -2.07. The molecule has 0 radical (unpaired) electrons. The highest BCUT2D eigenvalue weighted by molar-refractivity contribution is 5.36. The Morgan fingerprint density at radius 2 is 1.85 bits per heavy atom. The average molecular weight is 458 g/mol. The van der Waals surface area contributed by atoms with Gasteiger partial charge in [0.2, 0.25) is 0 Å². The van der Waals surface area contributed by atoms with E-state index in [4.69, 9.17) is 15.6 Å². The standard InChI is InChI=1S/C17H20FNO2.C9H12O3/c18-15-5-2-4-14(11-15)17(20)12-21-16-6-1-3-13(7-8-16)9-10-19;1-6(11)7-2-3-9(12)8(4-7)5-10/h2-8,11,17,20H,1,9-10,12,19H2;2-4,6,10-12H,5H2,1H3. The van der Waals surface area contributed by atoms with Crippen molar-refractivity contribution in [2.24, 2.45) is 5.73 Å². The third kappa shape index (κ3) is 8.82. The van der Waals surface area contributed by atoms with Gasteiger partial charge in [0.15, 0.2) is 0 Å². The van der Waals surface area contributed by atoms with Crippen LogP contribution in [0.15, 0.2) is 78.1 Å². The molecule has 1 aliphatic rings. The monoisotopic (exact) mass is 457 g/mol. The molecule has 6 N–H and O–H groups in total. The minimum Gasteiger partial charge on any atom is -0.508 e. The zero-order valence-electron chi connectivity index (χ0n) is 18.7. The predicted molar refractivity (Wildman–Crippen MR) is 126 cm³/mol. The van der Waals surface area contributed by atoms with Crippen LogP contribution in [0.3, 0.4) is 0 Å². The Bertz CT molecular complexity index is 984. The summed E-state index contributed by atoms with van der Waals surface area (Å²) in [6.45, 7) is 2.12. The Balaban J connectivity index is 0.000000273. The molecule has 0 saturated carbocycles. The molecule has 0 aliphatic heterocycles. The molecular formula is C26H32FNO5. The number of phenols is 1. The maximum absolute atomic E-state index is 13.1. The third-order valence-electron chi connectivity index (χ3n) is 4.99. The summed E-state index contributed by atoms with van der Waals surface area (Å²) in [4.78, 5) is 0. The molecular weight excluding hydrogens is 425 g/mol. The summed E-state index contributed by atoms with van der Waals surface area (Å²) in [5.41, 5.74) is 8.35. The predicted octanol–water partition coefficient (Wildman–Crippen LogP) is 3.93. The van der Waals surface area contributed by atoms with Gasteiger partial charge in [-0.15, -0.1) is 0 Å². The second kappa shape index (κ2) is 13.5. The molecule has 33 heavy (non-hydrogen) atoms. The molecule has 2 unspecified atom stereocenters. The van der Waals surface area contributed by atoms with Crippen LogP contribution in [0.5, 0.6) is 5.75 Å². The van der Waals surface area contributed by atoms with Gasteiger partial charge in [0, 0.05) is 5.56 Å². The van der Waals surface area contributed by atoms with Crippen LogP contribution < -0.4 is 5.73 Å².